The zero-order valence-corrected chi connectivity index (χ0v) is 7.63. The summed E-state index contributed by atoms with van der Waals surface area (Å²) in [6.07, 6.45) is 4.14. The van der Waals surface area contributed by atoms with Crippen LogP contribution in [0.15, 0.2) is 31.0 Å². The van der Waals surface area contributed by atoms with E-state index in [1.165, 1.54) is 6.07 Å². The van der Waals surface area contributed by atoms with Gasteiger partial charge in [0.2, 0.25) is 0 Å². The summed E-state index contributed by atoms with van der Waals surface area (Å²) in [7, 11) is 0. The SMILES string of the molecule is C=CCC(C)Nc1ncccc1F. The second-order valence-electron chi connectivity index (χ2n) is 2.90. The molecule has 70 valence electrons. The smallest absolute Gasteiger partial charge is 0.165 e. The Hall–Kier alpha value is -1.38. The number of rotatable bonds is 4. The Kier molecular flexibility index (Phi) is 3.43. The lowest BCUT2D eigenvalue weighted by atomic mass is 10.2. The zero-order chi connectivity index (χ0) is 9.68. The van der Waals surface area contributed by atoms with Crippen molar-refractivity contribution in [1.82, 2.24) is 4.98 Å². The maximum atomic E-state index is 13.0. The predicted octanol–water partition coefficient (Wildman–Crippen LogP) is 2.60. The van der Waals surface area contributed by atoms with Crippen molar-refractivity contribution >= 4 is 5.82 Å². The van der Waals surface area contributed by atoms with Crippen LogP contribution in [-0.4, -0.2) is 11.0 Å². The maximum absolute atomic E-state index is 13.0. The summed E-state index contributed by atoms with van der Waals surface area (Å²) in [4.78, 5) is 3.88. The average molecular weight is 180 g/mol. The van der Waals surface area contributed by atoms with Crippen LogP contribution in [0.5, 0.6) is 0 Å². The zero-order valence-electron chi connectivity index (χ0n) is 7.63. The van der Waals surface area contributed by atoms with Gasteiger partial charge in [-0.15, -0.1) is 6.58 Å². The van der Waals surface area contributed by atoms with E-state index >= 15 is 0 Å². The molecule has 3 heteroatoms. The molecule has 0 aromatic carbocycles. The van der Waals surface area contributed by atoms with Crippen molar-refractivity contribution < 1.29 is 4.39 Å². The molecule has 1 rings (SSSR count). The highest BCUT2D eigenvalue weighted by Gasteiger charge is 2.04. The van der Waals surface area contributed by atoms with Crippen LogP contribution >= 0.6 is 0 Å². The van der Waals surface area contributed by atoms with Crippen LogP contribution in [0.4, 0.5) is 10.2 Å². The lowest BCUT2D eigenvalue weighted by Gasteiger charge is -2.12. The van der Waals surface area contributed by atoms with Gasteiger partial charge in [0.05, 0.1) is 0 Å². The second kappa shape index (κ2) is 4.60. The van der Waals surface area contributed by atoms with Gasteiger partial charge >= 0.3 is 0 Å². The van der Waals surface area contributed by atoms with Crippen molar-refractivity contribution in [3.05, 3.63) is 36.8 Å². The third kappa shape index (κ3) is 2.86. The number of anilines is 1. The third-order valence-corrected chi connectivity index (χ3v) is 1.66. The molecule has 0 radical (unpaired) electrons. The summed E-state index contributed by atoms with van der Waals surface area (Å²) in [6.45, 7) is 5.56. The number of nitrogens with one attached hydrogen (secondary N) is 1. The van der Waals surface area contributed by atoms with Crippen LogP contribution < -0.4 is 5.32 Å². The molecule has 0 saturated heterocycles. The summed E-state index contributed by atoms with van der Waals surface area (Å²) in [5.41, 5.74) is 0. The molecule has 1 aromatic heterocycles. The van der Waals surface area contributed by atoms with Gasteiger partial charge in [0.15, 0.2) is 11.6 Å². The molecule has 0 aliphatic rings. The van der Waals surface area contributed by atoms with E-state index in [0.717, 1.165) is 6.42 Å². The van der Waals surface area contributed by atoms with Crippen molar-refractivity contribution in [1.29, 1.82) is 0 Å². The molecule has 0 spiro atoms. The van der Waals surface area contributed by atoms with Gasteiger partial charge in [-0.1, -0.05) is 6.08 Å². The molecule has 0 fully saturated rings. The molecule has 1 heterocycles. The normalized spacial score (nSPS) is 12.2. The lowest BCUT2D eigenvalue weighted by Crippen LogP contribution is -2.15. The van der Waals surface area contributed by atoms with Crippen molar-refractivity contribution in [2.24, 2.45) is 0 Å². The molecule has 0 aliphatic carbocycles. The van der Waals surface area contributed by atoms with E-state index in [-0.39, 0.29) is 11.9 Å². The molecule has 0 amide bonds. The maximum Gasteiger partial charge on any atom is 0.165 e. The number of hydrogen-bond donors (Lipinski definition) is 1. The Morgan fingerprint density at radius 1 is 1.77 bits per heavy atom. The topological polar surface area (TPSA) is 24.9 Å². The fourth-order valence-corrected chi connectivity index (χ4v) is 1.03. The van der Waals surface area contributed by atoms with Gasteiger partial charge < -0.3 is 5.32 Å². The quantitative estimate of drug-likeness (QED) is 0.720. The highest BCUT2D eigenvalue weighted by atomic mass is 19.1. The summed E-state index contributed by atoms with van der Waals surface area (Å²) < 4.78 is 13.0. The Bertz CT molecular complexity index is 286. The minimum atomic E-state index is -0.321. The minimum Gasteiger partial charge on any atom is -0.365 e. The standard InChI is InChI=1S/C10H13FN2/c1-3-5-8(2)13-10-9(11)6-4-7-12-10/h3-4,6-8H,1,5H2,2H3,(H,12,13). The molecule has 0 saturated carbocycles. The number of hydrogen-bond acceptors (Lipinski definition) is 2. The van der Waals surface area contributed by atoms with E-state index in [4.69, 9.17) is 0 Å². The van der Waals surface area contributed by atoms with Gasteiger partial charge in [-0.25, -0.2) is 9.37 Å². The van der Waals surface area contributed by atoms with Gasteiger partial charge in [0, 0.05) is 12.2 Å². The first kappa shape index (κ1) is 9.71. The molecule has 1 unspecified atom stereocenters. The van der Waals surface area contributed by atoms with Crippen molar-refractivity contribution in [3.8, 4) is 0 Å². The Morgan fingerprint density at radius 2 is 2.54 bits per heavy atom. The number of halogens is 1. The third-order valence-electron chi connectivity index (χ3n) is 1.66. The second-order valence-corrected chi connectivity index (χ2v) is 2.90. The van der Waals surface area contributed by atoms with Gasteiger partial charge in [-0.3, -0.25) is 0 Å². The van der Waals surface area contributed by atoms with E-state index in [1.54, 1.807) is 18.3 Å². The van der Waals surface area contributed by atoms with Crippen LogP contribution in [0.1, 0.15) is 13.3 Å². The van der Waals surface area contributed by atoms with Crippen molar-refractivity contribution in [2.75, 3.05) is 5.32 Å². The first-order chi connectivity index (χ1) is 6.24. The Labute approximate surface area is 77.5 Å². The van der Waals surface area contributed by atoms with Crippen LogP contribution in [0.2, 0.25) is 0 Å². The van der Waals surface area contributed by atoms with E-state index in [2.05, 4.69) is 16.9 Å². The monoisotopic (exact) mass is 180 g/mol. The van der Waals surface area contributed by atoms with Crippen LogP contribution in [0.25, 0.3) is 0 Å². The fraction of sp³-hybridized carbons (Fsp3) is 0.300. The van der Waals surface area contributed by atoms with Crippen molar-refractivity contribution in [3.63, 3.8) is 0 Å². The number of pyridine rings is 1. The number of aromatic nitrogens is 1. The molecular weight excluding hydrogens is 167 g/mol. The largest absolute Gasteiger partial charge is 0.365 e. The van der Waals surface area contributed by atoms with Gasteiger partial charge in [-0.2, -0.15) is 0 Å². The molecule has 13 heavy (non-hydrogen) atoms. The predicted molar refractivity (Wildman–Crippen MR) is 52.1 cm³/mol. The van der Waals surface area contributed by atoms with E-state index in [9.17, 15) is 4.39 Å². The summed E-state index contributed by atoms with van der Waals surface area (Å²) >= 11 is 0. The molecule has 0 bridgehead atoms. The molecule has 1 aromatic rings. The number of nitrogens with zero attached hydrogens (tertiary/aromatic N) is 1. The lowest BCUT2D eigenvalue weighted by molar-refractivity contribution is 0.620. The van der Waals surface area contributed by atoms with Gasteiger partial charge in [-0.05, 0) is 25.5 Å². The summed E-state index contributed by atoms with van der Waals surface area (Å²) in [5.74, 6) is -0.0183. The van der Waals surface area contributed by atoms with Crippen LogP contribution in [-0.2, 0) is 0 Å². The van der Waals surface area contributed by atoms with E-state index < -0.39 is 0 Å². The van der Waals surface area contributed by atoms with Crippen LogP contribution in [0.3, 0.4) is 0 Å². The van der Waals surface area contributed by atoms with Gasteiger partial charge in [0.1, 0.15) is 0 Å². The van der Waals surface area contributed by atoms with E-state index in [1.807, 2.05) is 6.92 Å². The molecule has 0 aliphatic heterocycles. The molecular formula is C10H13FN2. The molecule has 1 N–H and O–H groups in total. The summed E-state index contributed by atoms with van der Waals surface area (Å²) in [5, 5.41) is 2.95. The summed E-state index contributed by atoms with van der Waals surface area (Å²) in [6, 6.07) is 3.11. The average Bonchev–Trinajstić information content (AvgIpc) is 2.09. The molecule has 2 nitrogen and oxygen atoms in total. The first-order valence-electron chi connectivity index (χ1n) is 4.22. The fourth-order valence-electron chi connectivity index (χ4n) is 1.03. The Balaban J connectivity index is 2.63. The van der Waals surface area contributed by atoms with E-state index in [0.29, 0.717) is 5.82 Å². The Morgan fingerprint density at radius 3 is 3.15 bits per heavy atom. The minimum absolute atomic E-state index is 0.155. The van der Waals surface area contributed by atoms with Crippen molar-refractivity contribution in [2.45, 2.75) is 19.4 Å². The van der Waals surface area contributed by atoms with Crippen LogP contribution in [0, 0.1) is 5.82 Å². The first-order valence-corrected chi connectivity index (χ1v) is 4.22. The highest BCUT2D eigenvalue weighted by Crippen LogP contribution is 2.10. The van der Waals surface area contributed by atoms with Gasteiger partial charge in [0.25, 0.3) is 0 Å². The highest BCUT2D eigenvalue weighted by molar-refractivity contribution is 5.36. The molecule has 1 atom stereocenters.